The van der Waals surface area contributed by atoms with E-state index in [-0.39, 0.29) is 36.8 Å². The third kappa shape index (κ3) is 9.45. The number of carbonyl (C=O) groups is 1. The maximum Gasteiger partial charge on any atom is 0.251 e. The molecule has 1 atom stereocenters. The quantitative estimate of drug-likeness (QED) is 0.671. The minimum absolute atomic E-state index is 0. The average Bonchev–Trinajstić information content (AvgIpc) is 2.51. The fourth-order valence-corrected chi connectivity index (χ4v) is 2.71. The monoisotopic (exact) mass is 391 g/mol. The number of nitrogens with two attached hydrogens (primary N) is 1. The largest absolute Gasteiger partial charge is 0.348 e. The van der Waals surface area contributed by atoms with Crippen molar-refractivity contribution in [2.45, 2.75) is 59.7 Å². The first kappa shape index (κ1) is 26.4. The summed E-state index contributed by atoms with van der Waals surface area (Å²) in [6.45, 7) is 13.3. The Kier molecular flexibility index (Phi) is 14.2. The molecule has 1 amide bonds. The van der Waals surface area contributed by atoms with Gasteiger partial charge < -0.3 is 11.1 Å². The van der Waals surface area contributed by atoms with Crippen molar-refractivity contribution in [2.24, 2.45) is 11.7 Å². The van der Waals surface area contributed by atoms with E-state index >= 15 is 0 Å². The summed E-state index contributed by atoms with van der Waals surface area (Å²) in [6.07, 6.45) is 0.903. The molecule has 0 aliphatic rings. The Morgan fingerprint density at radius 2 is 1.68 bits per heavy atom. The van der Waals surface area contributed by atoms with Crippen LogP contribution >= 0.6 is 24.8 Å². The molecule has 146 valence electrons. The number of benzene rings is 1. The van der Waals surface area contributed by atoms with Gasteiger partial charge in [0.2, 0.25) is 0 Å². The van der Waals surface area contributed by atoms with Gasteiger partial charge in [0, 0.05) is 30.7 Å². The SMILES string of the molecule is CCN(Cc1ccc(C(=O)NC(CN)CC(C)C)cc1)C(C)C.Cl.Cl. The first-order chi connectivity index (χ1) is 10.9. The second kappa shape index (κ2) is 13.4. The van der Waals surface area contributed by atoms with Gasteiger partial charge in [-0.2, -0.15) is 0 Å². The van der Waals surface area contributed by atoms with Gasteiger partial charge in [0.05, 0.1) is 0 Å². The van der Waals surface area contributed by atoms with Gasteiger partial charge in [-0.1, -0.05) is 32.9 Å². The van der Waals surface area contributed by atoms with Crippen LogP contribution in [-0.2, 0) is 6.54 Å². The van der Waals surface area contributed by atoms with Crippen LogP contribution in [0.2, 0.25) is 0 Å². The minimum Gasteiger partial charge on any atom is -0.348 e. The number of carbonyl (C=O) groups excluding carboxylic acids is 1. The van der Waals surface area contributed by atoms with Crippen LogP contribution in [0.3, 0.4) is 0 Å². The Labute approximate surface area is 165 Å². The Morgan fingerprint density at radius 3 is 2.08 bits per heavy atom. The predicted octanol–water partition coefficient (Wildman–Crippen LogP) is 3.86. The minimum atomic E-state index is -0.0381. The highest BCUT2D eigenvalue weighted by molar-refractivity contribution is 5.94. The summed E-state index contributed by atoms with van der Waals surface area (Å²) in [4.78, 5) is 14.7. The highest BCUT2D eigenvalue weighted by atomic mass is 35.5. The van der Waals surface area contributed by atoms with E-state index in [1.807, 2.05) is 24.3 Å². The second-order valence-corrected chi connectivity index (χ2v) is 6.89. The summed E-state index contributed by atoms with van der Waals surface area (Å²) in [6, 6.07) is 8.45. The zero-order valence-corrected chi connectivity index (χ0v) is 17.8. The van der Waals surface area contributed by atoms with E-state index < -0.39 is 0 Å². The summed E-state index contributed by atoms with van der Waals surface area (Å²) in [5, 5.41) is 3.03. The van der Waals surface area contributed by atoms with Crippen molar-refractivity contribution in [3.63, 3.8) is 0 Å². The Balaban J connectivity index is 0. The molecule has 0 aliphatic carbocycles. The first-order valence-corrected chi connectivity index (χ1v) is 8.71. The number of hydrogen-bond acceptors (Lipinski definition) is 3. The molecule has 0 heterocycles. The van der Waals surface area contributed by atoms with E-state index in [0.29, 0.717) is 24.1 Å². The van der Waals surface area contributed by atoms with Crippen LogP contribution in [0.25, 0.3) is 0 Å². The normalized spacial score (nSPS) is 11.9. The maximum atomic E-state index is 12.3. The van der Waals surface area contributed by atoms with Gasteiger partial charge in [-0.3, -0.25) is 9.69 Å². The lowest BCUT2D eigenvalue weighted by molar-refractivity contribution is 0.0933. The molecular formula is C19H35Cl2N3O. The molecule has 1 aromatic carbocycles. The lowest BCUT2D eigenvalue weighted by Crippen LogP contribution is -2.41. The summed E-state index contributed by atoms with van der Waals surface area (Å²) in [7, 11) is 0. The van der Waals surface area contributed by atoms with Crippen LogP contribution in [-0.4, -0.2) is 36.0 Å². The second-order valence-electron chi connectivity index (χ2n) is 6.89. The van der Waals surface area contributed by atoms with Crippen molar-refractivity contribution in [3.05, 3.63) is 35.4 Å². The molecule has 0 aliphatic heterocycles. The van der Waals surface area contributed by atoms with Crippen molar-refractivity contribution >= 4 is 30.7 Å². The number of rotatable bonds is 9. The van der Waals surface area contributed by atoms with Crippen LogP contribution < -0.4 is 11.1 Å². The Morgan fingerprint density at radius 1 is 1.12 bits per heavy atom. The highest BCUT2D eigenvalue weighted by Gasteiger charge is 2.14. The van der Waals surface area contributed by atoms with E-state index in [0.717, 1.165) is 19.5 Å². The van der Waals surface area contributed by atoms with Gasteiger partial charge >= 0.3 is 0 Å². The Bertz CT molecular complexity index is 478. The van der Waals surface area contributed by atoms with E-state index in [9.17, 15) is 4.79 Å². The standard InChI is InChI=1S/C19H33N3O.2ClH/c1-6-22(15(4)5)13-16-7-9-17(10-8-16)19(23)21-18(12-20)11-14(2)3;;/h7-10,14-15,18H,6,11-13,20H2,1-5H3,(H,21,23);2*1H. The molecule has 0 bridgehead atoms. The number of amides is 1. The van der Waals surface area contributed by atoms with Gasteiger partial charge in [-0.15, -0.1) is 24.8 Å². The fraction of sp³-hybridized carbons (Fsp3) is 0.632. The van der Waals surface area contributed by atoms with Crippen molar-refractivity contribution in [1.82, 2.24) is 10.2 Å². The number of hydrogen-bond donors (Lipinski definition) is 2. The summed E-state index contributed by atoms with van der Waals surface area (Å²) >= 11 is 0. The van der Waals surface area contributed by atoms with Crippen molar-refractivity contribution in [2.75, 3.05) is 13.1 Å². The van der Waals surface area contributed by atoms with Crippen molar-refractivity contribution < 1.29 is 4.79 Å². The van der Waals surface area contributed by atoms with E-state index in [2.05, 4.69) is 44.8 Å². The van der Waals surface area contributed by atoms with Gasteiger partial charge in [-0.05, 0) is 50.4 Å². The van der Waals surface area contributed by atoms with E-state index in [1.165, 1.54) is 5.56 Å². The van der Waals surface area contributed by atoms with Crippen LogP contribution in [0.1, 0.15) is 57.0 Å². The molecule has 6 heteroatoms. The lowest BCUT2D eigenvalue weighted by Gasteiger charge is -2.24. The maximum absolute atomic E-state index is 12.3. The molecule has 1 rings (SSSR count). The average molecular weight is 392 g/mol. The third-order valence-electron chi connectivity index (χ3n) is 4.11. The molecule has 0 radical (unpaired) electrons. The predicted molar refractivity (Wildman–Crippen MR) is 112 cm³/mol. The summed E-state index contributed by atoms with van der Waals surface area (Å²) < 4.78 is 0. The fourth-order valence-electron chi connectivity index (χ4n) is 2.71. The smallest absolute Gasteiger partial charge is 0.251 e. The van der Waals surface area contributed by atoms with Gasteiger partial charge in [-0.25, -0.2) is 0 Å². The molecular weight excluding hydrogens is 357 g/mol. The molecule has 25 heavy (non-hydrogen) atoms. The van der Waals surface area contributed by atoms with E-state index in [1.54, 1.807) is 0 Å². The number of nitrogens with one attached hydrogen (secondary N) is 1. The molecule has 0 saturated heterocycles. The van der Waals surface area contributed by atoms with Gasteiger partial charge in [0.15, 0.2) is 0 Å². The van der Waals surface area contributed by atoms with Gasteiger partial charge in [0.1, 0.15) is 0 Å². The Hall–Kier alpha value is -0.810. The molecule has 4 nitrogen and oxygen atoms in total. The third-order valence-corrected chi connectivity index (χ3v) is 4.11. The van der Waals surface area contributed by atoms with Crippen LogP contribution in [0.5, 0.6) is 0 Å². The number of halogens is 2. The topological polar surface area (TPSA) is 58.4 Å². The van der Waals surface area contributed by atoms with Crippen LogP contribution in [0.15, 0.2) is 24.3 Å². The molecule has 1 unspecified atom stereocenters. The van der Waals surface area contributed by atoms with Crippen LogP contribution in [0, 0.1) is 5.92 Å². The van der Waals surface area contributed by atoms with Crippen molar-refractivity contribution in [1.29, 1.82) is 0 Å². The molecule has 3 N–H and O–H groups in total. The van der Waals surface area contributed by atoms with Gasteiger partial charge in [0.25, 0.3) is 5.91 Å². The zero-order valence-electron chi connectivity index (χ0n) is 16.1. The summed E-state index contributed by atoms with van der Waals surface area (Å²) in [5.74, 6) is 0.478. The molecule has 0 fully saturated rings. The first-order valence-electron chi connectivity index (χ1n) is 8.71. The van der Waals surface area contributed by atoms with Crippen molar-refractivity contribution in [3.8, 4) is 0 Å². The molecule has 0 spiro atoms. The molecule has 0 aromatic heterocycles. The molecule has 1 aromatic rings. The van der Waals surface area contributed by atoms with Crippen LogP contribution in [0.4, 0.5) is 0 Å². The highest BCUT2D eigenvalue weighted by Crippen LogP contribution is 2.11. The lowest BCUT2D eigenvalue weighted by atomic mass is 10.0. The van der Waals surface area contributed by atoms with E-state index in [4.69, 9.17) is 5.73 Å². The molecule has 0 saturated carbocycles. The zero-order chi connectivity index (χ0) is 17.4. The summed E-state index contributed by atoms with van der Waals surface area (Å²) in [5.41, 5.74) is 7.68. The number of nitrogens with zero attached hydrogens (tertiary/aromatic N) is 1.